The van der Waals surface area contributed by atoms with Gasteiger partial charge in [0, 0.05) is 30.9 Å². The summed E-state index contributed by atoms with van der Waals surface area (Å²) >= 11 is 0. The molecule has 1 N–H and O–H groups in total. The molecule has 0 amide bonds. The lowest BCUT2D eigenvalue weighted by Gasteiger charge is -2.48. The zero-order chi connectivity index (χ0) is 23.0. The molecule has 1 aliphatic heterocycles. The summed E-state index contributed by atoms with van der Waals surface area (Å²) in [5.41, 5.74) is 2.43. The topological polar surface area (TPSA) is 72.8 Å². The summed E-state index contributed by atoms with van der Waals surface area (Å²) in [4.78, 5) is 25.0. The Morgan fingerprint density at radius 2 is 1.97 bits per heavy atom. The molecule has 1 saturated carbocycles. The van der Waals surface area contributed by atoms with Gasteiger partial charge < -0.3 is 14.6 Å². The second kappa shape index (κ2) is 8.45. The summed E-state index contributed by atoms with van der Waals surface area (Å²) in [6, 6.07) is 11.3. The number of hydrogen-bond acceptors (Lipinski definition) is 5. The maximum atomic E-state index is 13.3. The fourth-order valence-corrected chi connectivity index (χ4v) is 5.23. The number of carbonyl (C=O) groups excluding carboxylic acids is 2. The minimum Gasteiger partial charge on any atom is -0.507 e. The lowest BCUT2D eigenvalue weighted by Crippen LogP contribution is -2.44. The number of fused-ring (bicyclic) bond motifs is 4. The molecule has 2 aliphatic rings. The molecule has 168 valence electrons. The van der Waals surface area contributed by atoms with Crippen LogP contribution in [0.5, 0.6) is 17.2 Å². The Kier molecular flexibility index (Phi) is 5.85. The molecular weight excluding hydrogens is 404 g/mol. The first-order chi connectivity index (χ1) is 15.2. The van der Waals surface area contributed by atoms with Crippen molar-refractivity contribution >= 4 is 11.8 Å². The molecule has 5 heteroatoms. The van der Waals surface area contributed by atoms with Crippen molar-refractivity contribution in [3.8, 4) is 17.2 Å². The van der Waals surface area contributed by atoms with Crippen LogP contribution in [-0.4, -0.2) is 22.5 Å². The number of phenolic OH excluding ortho intramolecular Hbond substituents is 1. The minimum absolute atomic E-state index is 0.00190. The van der Waals surface area contributed by atoms with Gasteiger partial charge in [-0.05, 0) is 51.0 Å². The molecule has 0 radical (unpaired) electrons. The molecule has 1 aliphatic carbocycles. The van der Waals surface area contributed by atoms with E-state index in [4.69, 9.17) is 9.47 Å². The van der Waals surface area contributed by atoms with Crippen LogP contribution in [-0.2, 0) is 11.2 Å². The van der Waals surface area contributed by atoms with Crippen LogP contribution in [0.2, 0.25) is 0 Å². The number of ether oxygens (including phenoxy) is 2. The van der Waals surface area contributed by atoms with Gasteiger partial charge in [0.05, 0.1) is 0 Å². The number of hydrogen-bond donors (Lipinski definition) is 1. The van der Waals surface area contributed by atoms with Gasteiger partial charge in [-0.3, -0.25) is 9.59 Å². The SMILES string of the molecule is C=C(C)[C@H]1CC[C@]2(C)C[C@H]1c1c(cc(OC(C)=O)c(C(=O)CCc3ccccc3)c1O)O2. The zero-order valence-corrected chi connectivity index (χ0v) is 18.9. The number of benzene rings is 2. The predicted octanol–water partition coefficient (Wildman–Crippen LogP) is 5.74. The van der Waals surface area contributed by atoms with E-state index >= 15 is 0 Å². The van der Waals surface area contributed by atoms with E-state index in [-0.39, 0.29) is 46.7 Å². The average Bonchev–Trinajstić information content (AvgIpc) is 2.71. The van der Waals surface area contributed by atoms with Crippen molar-refractivity contribution in [1.82, 2.24) is 0 Å². The highest BCUT2D eigenvalue weighted by Crippen LogP contribution is 2.57. The highest BCUT2D eigenvalue weighted by atomic mass is 16.5. The van der Waals surface area contributed by atoms with Crippen LogP contribution in [0.1, 0.15) is 73.9 Å². The fraction of sp³-hybridized carbons (Fsp3) is 0.407. The Labute approximate surface area is 189 Å². The third-order valence-electron chi connectivity index (χ3n) is 6.76. The van der Waals surface area contributed by atoms with Gasteiger partial charge in [0.2, 0.25) is 0 Å². The van der Waals surface area contributed by atoms with Gasteiger partial charge in [-0.1, -0.05) is 42.5 Å². The van der Waals surface area contributed by atoms with E-state index < -0.39 is 5.97 Å². The van der Waals surface area contributed by atoms with Crippen LogP contribution in [0.3, 0.4) is 0 Å². The van der Waals surface area contributed by atoms with Crippen LogP contribution in [0.4, 0.5) is 0 Å². The maximum Gasteiger partial charge on any atom is 0.308 e. The number of phenols is 1. The number of carbonyl (C=O) groups is 2. The maximum absolute atomic E-state index is 13.3. The van der Waals surface area contributed by atoms with Crippen molar-refractivity contribution in [2.24, 2.45) is 5.92 Å². The predicted molar refractivity (Wildman–Crippen MR) is 122 cm³/mol. The van der Waals surface area contributed by atoms with Gasteiger partial charge in [-0.2, -0.15) is 0 Å². The zero-order valence-electron chi connectivity index (χ0n) is 18.9. The molecule has 0 saturated heterocycles. The molecule has 0 spiro atoms. The monoisotopic (exact) mass is 434 g/mol. The summed E-state index contributed by atoms with van der Waals surface area (Å²) in [5, 5.41) is 11.4. The lowest BCUT2D eigenvalue weighted by atomic mass is 9.65. The molecule has 2 aromatic rings. The second-order valence-electron chi connectivity index (χ2n) is 9.37. The molecule has 2 aromatic carbocycles. The van der Waals surface area contributed by atoms with E-state index in [1.54, 1.807) is 6.07 Å². The van der Waals surface area contributed by atoms with Gasteiger partial charge in [0.15, 0.2) is 5.78 Å². The Hall–Kier alpha value is -3.08. The summed E-state index contributed by atoms with van der Waals surface area (Å²) in [7, 11) is 0. The fourth-order valence-electron chi connectivity index (χ4n) is 5.23. The molecule has 3 atom stereocenters. The van der Waals surface area contributed by atoms with E-state index in [1.807, 2.05) is 37.3 Å². The number of Topliss-reactive ketones (excluding diaryl/α,β-unsaturated/α-hetero) is 1. The van der Waals surface area contributed by atoms with Gasteiger partial charge in [0.25, 0.3) is 0 Å². The van der Waals surface area contributed by atoms with E-state index in [1.165, 1.54) is 6.92 Å². The van der Waals surface area contributed by atoms with Crippen molar-refractivity contribution in [3.63, 3.8) is 0 Å². The third-order valence-corrected chi connectivity index (χ3v) is 6.76. The lowest BCUT2D eigenvalue weighted by molar-refractivity contribution is -0.131. The van der Waals surface area contributed by atoms with Crippen LogP contribution in [0.25, 0.3) is 0 Å². The number of ketones is 1. The van der Waals surface area contributed by atoms with E-state index in [0.29, 0.717) is 17.7 Å². The van der Waals surface area contributed by atoms with Gasteiger partial charge in [-0.25, -0.2) is 0 Å². The van der Waals surface area contributed by atoms with Crippen molar-refractivity contribution in [1.29, 1.82) is 0 Å². The van der Waals surface area contributed by atoms with Crippen molar-refractivity contribution < 1.29 is 24.2 Å². The highest BCUT2D eigenvalue weighted by Gasteiger charge is 2.47. The molecular formula is C27H30O5. The summed E-state index contributed by atoms with van der Waals surface area (Å²) < 4.78 is 11.7. The Bertz CT molecular complexity index is 1070. The first-order valence-corrected chi connectivity index (χ1v) is 11.2. The number of rotatable bonds is 6. The van der Waals surface area contributed by atoms with Crippen molar-refractivity contribution in [2.45, 2.75) is 64.4 Å². The number of esters is 1. The smallest absolute Gasteiger partial charge is 0.308 e. The van der Waals surface area contributed by atoms with Crippen molar-refractivity contribution in [2.75, 3.05) is 0 Å². The number of aromatic hydroxyl groups is 1. The molecule has 5 nitrogen and oxygen atoms in total. The van der Waals surface area contributed by atoms with Crippen LogP contribution >= 0.6 is 0 Å². The first kappa shape index (κ1) is 22.1. The molecule has 1 fully saturated rings. The average molecular weight is 435 g/mol. The Balaban J connectivity index is 1.77. The quantitative estimate of drug-likeness (QED) is 0.271. The molecule has 1 heterocycles. The summed E-state index contributed by atoms with van der Waals surface area (Å²) in [6.45, 7) is 9.53. The Morgan fingerprint density at radius 1 is 1.25 bits per heavy atom. The van der Waals surface area contributed by atoms with Gasteiger partial charge >= 0.3 is 5.97 Å². The standard InChI is InChI=1S/C27H30O5/c1-16(2)19-12-13-27(4)15-20(19)24-23(32-27)14-22(31-17(3)28)25(26(24)30)21(29)11-10-18-8-6-5-7-9-18/h5-9,14,19-20,30H,1,10-13,15H2,2-4H3/t19-,20-,27-/m1/s1. The molecule has 32 heavy (non-hydrogen) atoms. The van der Waals surface area contributed by atoms with Crippen LogP contribution in [0, 0.1) is 5.92 Å². The van der Waals surface area contributed by atoms with Crippen LogP contribution < -0.4 is 9.47 Å². The second-order valence-corrected chi connectivity index (χ2v) is 9.37. The van der Waals surface area contributed by atoms with Gasteiger partial charge in [0.1, 0.15) is 28.4 Å². The highest BCUT2D eigenvalue weighted by molar-refractivity contribution is 6.03. The largest absolute Gasteiger partial charge is 0.507 e. The van der Waals surface area contributed by atoms with E-state index in [0.717, 1.165) is 30.4 Å². The summed E-state index contributed by atoms with van der Waals surface area (Å²) in [5.74, 6) is -0.197. The molecule has 2 bridgehead atoms. The molecule has 4 rings (SSSR count). The minimum atomic E-state index is -0.552. The van der Waals surface area contributed by atoms with Gasteiger partial charge in [-0.15, -0.1) is 0 Å². The van der Waals surface area contributed by atoms with Crippen molar-refractivity contribution in [3.05, 3.63) is 65.2 Å². The van der Waals surface area contributed by atoms with E-state index in [9.17, 15) is 14.7 Å². The molecule has 0 aromatic heterocycles. The third kappa shape index (κ3) is 4.16. The van der Waals surface area contributed by atoms with E-state index in [2.05, 4.69) is 13.5 Å². The number of allylic oxidation sites excluding steroid dienone is 1. The number of aryl methyl sites for hydroxylation is 1. The first-order valence-electron chi connectivity index (χ1n) is 11.2. The summed E-state index contributed by atoms with van der Waals surface area (Å²) in [6.07, 6.45) is 3.26. The Morgan fingerprint density at radius 3 is 2.62 bits per heavy atom. The normalized spacial score (nSPS) is 23.6. The molecule has 0 unspecified atom stereocenters. The van der Waals surface area contributed by atoms with Crippen LogP contribution in [0.15, 0.2) is 48.6 Å².